The van der Waals surface area contributed by atoms with Crippen molar-refractivity contribution in [1.82, 2.24) is 10.6 Å². The number of alkyl halides is 3. The fourth-order valence-electron chi connectivity index (χ4n) is 5.47. The zero-order valence-corrected chi connectivity index (χ0v) is 24.6. The van der Waals surface area contributed by atoms with Crippen molar-refractivity contribution >= 4 is 17.6 Å². The van der Waals surface area contributed by atoms with Crippen molar-refractivity contribution in [2.45, 2.75) is 63.0 Å². The molecule has 2 atom stereocenters. The number of ether oxygens (including phenoxy) is 3. The molecule has 0 spiro atoms. The molecule has 14 heteroatoms. The highest BCUT2D eigenvalue weighted by Crippen LogP contribution is 2.44. The summed E-state index contributed by atoms with van der Waals surface area (Å²) in [5.41, 5.74) is -3.35. The highest BCUT2D eigenvalue weighted by atomic mass is 19.4. The van der Waals surface area contributed by atoms with Gasteiger partial charge < -0.3 is 30.0 Å². The Morgan fingerprint density at radius 1 is 1.07 bits per heavy atom. The summed E-state index contributed by atoms with van der Waals surface area (Å²) in [6, 6.07) is 13.9. The van der Waals surface area contributed by atoms with E-state index in [0.717, 1.165) is 19.2 Å². The van der Waals surface area contributed by atoms with Crippen LogP contribution in [0.2, 0.25) is 0 Å². The fraction of sp³-hybridized carbons (Fsp3) is 0.419. The monoisotopic (exact) mass is 633 g/mol. The first kappa shape index (κ1) is 33.5. The Hall–Kier alpha value is -4.43. The number of nitrogens with zero attached hydrogens (tertiary/aromatic N) is 1. The fourth-order valence-corrected chi connectivity index (χ4v) is 5.47. The number of hydrogen-bond donors (Lipinski definition) is 3. The first-order valence-corrected chi connectivity index (χ1v) is 14.3. The van der Waals surface area contributed by atoms with Crippen LogP contribution >= 0.6 is 0 Å². The van der Waals surface area contributed by atoms with Crippen molar-refractivity contribution in [3.05, 3.63) is 92.8 Å². The van der Waals surface area contributed by atoms with Crippen molar-refractivity contribution < 1.29 is 47.0 Å². The molecule has 0 aromatic heterocycles. The Labute approximate surface area is 257 Å². The van der Waals surface area contributed by atoms with E-state index in [0.29, 0.717) is 31.4 Å². The van der Waals surface area contributed by atoms with Crippen LogP contribution < -0.4 is 15.4 Å². The predicted octanol–water partition coefficient (Wildman–Crippen LogP) is 4.43. The second-order valence-corrected chi connectivity index (χ2v) is 10.8. The highest BCUT2D eigenvalue weighted by Gasteiger charge is 2.48. The number of carbonyl (C=O) groups excluding carboxylic acids is 2. The van der Waals surface area contributed by atoms with Crippen molar-refractivity contribution in [2.24, 2.45) is 0 Å². The topological polar surface area (TPSA) is 149 Å². The SMILES string of the molecule is COC(=O)C1=C(C(F)(F)F)NC(C)=C(C(=O)OC2CCC(NCC(O)COc3ccccc3)CC2)C1c1cccc([N+](=O)[O-])c1. The molecule has 4 rings (SSSR count). The number of allylic oxidation sites excluding steroid dienone is 2. The number of halogens is 3. The lowest BCUT2D eigenvalue weighted by molar-refractivity contribution is -0.384. The van der Waals surface area contributed by atoms with Crippen LogP contribution in [-0.2, 0) is 19.1 Å². The van der Waals surface area contributed by atoms with Gasteiger partial charge in [-0.3, -0.25) is 10.1 Å². The molecule has 1 aliphatic heterocycles. The van der Waals surface area contributed by atoms with Gasteiger partial charge in [-0.25, -0.2) is 9.59 Å². The molecular formula is C31H34F3N3O8. The minimum atomic E-state index is -5.04. The number of nitro groups is 1. The second kappa shape index (κ2) is 14.6. The van der Waals surface area contributed by atoms with Gasteiger partial charge in [0, 0.05) is 30.4 Å². The average Bonchev–Trinajstić information content (AvgIpc) is 3.02. The number of esters is 2. The number of rotatable bonds is 11. The first-order valence-electron chi connectivity index (χ1n) is 14.3. The summed E-state index contributed by atoms with van der Waals surface area (Å²) in [6.45, 7) is 1.64. The highest BCUT2D eigenvalue weighted by molar-refractivity contribution is 6.00. The van der Waals surface area contributed by atoms with Gasteiger partial charge >= 0.3 is 18.1 Å². The number of para-hydroxylation sites is 1. The summed E-state index contributed by atoms with van der Waals surface area (Å²) in [4.78, 5) is 37.1. The molecule has 1 heterocycles. The number of dihydropyridines is 1. The molecule has 242 valence electrons. The van der Waals surface area contributed by atoms with Gasteiger partial charge in [-0.1, -0.05) is 30.3 Å². The van der Waals surface area contributed by atoms with E-state index in [-0.39, 0.29) is 36.0 Å². The van der Waals surface area contributed by atoms with E-state index >= 15 is 0 Å². The van der Waals surface area contributed by atoms with Crippen molar-refractivity contribution in [1.29, 1.82) is 0 Å². The smallest absolute Gasteiger partial charge is 0.431 e. The lowest BCUT2D eigenvalue weighted by Gasteiger charge is -2.34. The lowest BCUT2D eigenvalue weighted by atomic mass is 9.80. The Bertz CT molecular complexity index is 1450. The van der Waals surface area contributed by atoms with Gasteiger partial charge in [0.15, 0.2) is 0 Å². The van der Waals surface area contributed by atoms with E-state index in [9.17, 15) is 38.0 Å². The van der Waals surface area contributed by atoms with E-state index in [4.69, 9.17) is 9.47 Å². The number of non-ortho nitro benzene ring substituents is 1. The Morgan fingerprint density at radius 3 is 2.38 bits per heavy atom. The van der Waals surface area contributed by atoms with Crippen molar-refractivity contribution in [2.75, 3.05) is 20.3 Å². The molecule has 1 fully saturated rings. The van der Waals surface area contributed by atoms with E-state index in [1.807, 2.05) is 18.2 Å². The third kappa shape index (κ3) is 8.39. The molecule has 1 saturated carbocycles. The molecule has 1 aliphatic carbocycles. The van der Waals surface area contributed by atoms with Crippen LogP contribution in [0.25, 0.3) is 0 Å². The maximum absolute atomic E-state index is 14.1. The maximum atomic E-state index is 14.1. The number of nitro benzene ring substituents is 1. The number of methoxy groups -OCH3 is 1. The second-order valence-electron chi connectivity index (χ2n) is 10.8. The molecule has 45 heavy (non-hydrogen) atoms. The molecule has 2 aromatic carbocycles. The lowest BCUT2D eigenvalue weighted by Crippen LogP contribution is -2.42. The van der Waals surface area contributed by atoms with E-state index in [1.165, 1.54) is 19.1 Å². The van der Waals surface area contributed by atoms with Crippen LogP contribution in [-0.4, -0.2) is 66.7 Å². The van der Waals surface area contributed by atoms with Crippen LogP contribution in [0, 0.1) is 10.1 Å². The summed E-state index contributed by atoms with van der Waals surface area (Å²) < 4.78 is 58.4. The molecule has 0 bridgehead atoms. The Balaban J connectivity index is 1.46. The summed E-state index contributed by atoms with van der Waals surface area (Å²) in [7, 11) is 0.902. The number of aliphatic hydroxyl groups is 1. The standard InChI is InChI=1S/C31H34F3N3O8/c1-18-25(26(19-7-6-8-21(15-19)37(41)42)27(29(39)43-2)28(36-18)31(32,33)34)30(40)45-24-13-11-20(12-14-24)35-16-22(38)17-44-23-9-4-3-5-10-23/h3-10,15,20,22,24,26,35-36,38H,11-14,16-17H2,1-2H3. The molecule has 0 amide bonds. The number of aliphatic hydroxyl groups excluding tert-OH is 1. The summed E-state index contributed by atoms with van der Waals surface area (Å²) in [5, 5.41) is 27.2. The van der Waals surface area contributed by atoms with Gasteiger partial charge in [0.05, 0.1) is 29.1 Å². The number of carbonyl (C=O) groups is 2. The number of nitrogens with one attached hydrogen (secondary N) is 2. The third-order valence-corrected chi connectivity index (χ3v) is 7.66. The Morgan fingerprint density at radius 2 is 1.76 bits per heavy atom. The normalized spacial score (nSPS) is 21.1. The van der Waals surface area contributed by atoms with Gasteiger partial charge in [-0.2, -0.15) is 13.2 Å². The number of hydrogen-bond acceptors (Lipinski definition) is 10. The molecule has 2 aromatic rings. The van der Waals surface area contributed by atoms with Crippen LogP contribution in [0.15, 0.2) is 77.1 Å². The van der Waals surface area contributed by atoms with Gasteiger partial charge in [-0.05, 0) is 50.3 Å². The molecule has 3 N–H and O–H groups in total. The quantitative estimate of drug-likeness (QED) is 0.184. The van der Waals surface area contributed by atoms with Crippen molar-refractivity contribution in [3.8, 4) is 5.75 Å². The largest absolute Gasteiger partial charge is 0.491 e. The van der Waals surface area contributed by atoms with Gasteiger partial charge in [0.25, 0.3) is 5.69 Å². The van der Waals surface area contributed by atoms with Crippen LogP contribution in [0.3, 0.4) is 0 Å². The molecular weight excluding hydrogens is 599 g/mol. The van der Waals surface area contributed by atoms with Crippen LogP contribution in [0.1, 0.15) is 44.1 Å². The van der Waals surface area contributed by atoms with E-state index in [1.54, 1.807) is 12.1 Å². The predicted molar refractivity (Wildman–Crippen MR) is 155 cm³/mol. The zero-order chi connectivity index (χ0) is 32.7. The molecule has 11 nitrogen and oxygen atoms in total. The van der Waals surface area contributed by atoms with Crippen molar-refractivity contribution in [3.63, 3.8) is 0 Å². The maximum Gasteiger partial charge on any atom is 0.431 e. The summed E-state index contributed by atoms with van der Waals surface area (Å²) in [5.74, 6) is -3.31. The number of benzene rings is 2. The van der Waals surface area contributed by atoms with Gasteiger partial charge in [-0.15, -0.1) is 0 Å². The Kier molecular flexibility index (Phi) is 10.8. The van der Waals surface area contributed by atoms with Crippen LogP contribution in [0.4, 0.5) is 18.9 Å². The molecule has 2 aliphatic rings. The molecule has 0 saturated heterocycles. The minimum Gasteiger partial charge on any atom is -0.491 e. The van der Waals surface area contributed by atoms with E-state index < -0.39 is 58.1 Å². The van der Waals surface area contributed by atoms with Gasteiger partial charge in [0.2, 0.25) is 0 Å². The van der Waals surface area contributed by atoms with Gasteiger partial charge in [0.1, 0.15) is 30.3 Å². The molecule has 0 radical (unpaired) electrons. The molecule has 2 unspecified atom stereocenters. The summed E-state index contributed by atoms with van der Waals surface area (Å²) in [6.07, 6.45) is -4.28. The summed E-state index contributed by atoms with van der Waals surface area (Å²) >= 11 is 0. The zero-order valence-electron chi connectivity index (χ0n) is 24.6. The minimum absolute atomic E-state index is 0.0319. The first-order chi connectivity index (χ1) is 21.4. The average molecular weight is 634 g/mol. The third-order valence-electron chi connectivity index (χ3n) is 7.66. The van der Waals surface area contributed by atoms with E-state index in [2.05, 4.69) is 15.4 Å². The van der Waals surface area contributed by atoms with Crippen LogP contribution in [0.5, 0.6) is 5.75 Å².